The number of nitrogens with zero attached hydrogens (tertiary/aromatic N) is 3. The molecule has 4 rings (SSSR count). The zero-order chi connectivity index (χ0) is 19.0. The highest BCUT2D eigenvalue weighted by molar-refractivity contribution is 5.87. The highest BCUT2D eigenvalue weighted by atomic mass is 16.5. The molecule has 0 aliphatic heterocycles. The standard InChI is InChI=1S/C20H20N6O/c1-27-13-5-2-11(3-6-13)19-16(10-24-26-19)18-14-8-12(22)4-7-17(14)25-20(23)15(18)9-21/h2-3,5-6,10,12H,4,7-8,22H2,1H3,(H2,23,25)(H,24,26)/t12-/m0/s1. The number of pyridine rings is 1. The molecule has 0 saturated heterocycles. The number of fused-ring (bicyclic) bond motifs is 1. The summed E-state index contributed by atoms with van der Waals surface area (Å²) in [6.45, 7) is 0. The quantitative estimate of drug-likeness (QED) is 0.658. The van der Waals surface area contributed by atoms with Crippen molar-refractivity contribution in [1.29, 1.82) is 5.26 Å². The molecule has 0 amide bonds. The largest absolute Gasteiger partial charge is 0.497 e. The summed E-state index contributed by atoms with van der Waals surface area (Å²) >= 11 is 0. The van der Waals surface area contributed by atoms with Crippen molar-refractivity contribution in [3.8, 4) is 34.2 Å². The average Bonchev–Trinajstić information content (AvgIpc) is 3.16. The molecule has 1 atom stereocenters. The number of benzene rings is 1. The van der Waals surface area contributed by atoms with Crippen molar-refractivity contribution >= 4 is 5.82 Å². The fraction of sp³-hybridized carbons (Fsp3) is 0.250. The van der Waals surface area contributed by atoms with E-state index in [-0.39, 0.29) is 11.9 Å². The van der Waals surface area contributed by atoms with E-state index in [2.05, 4.69) is 21.3 Å². The number of nitriles is 1. The van der Waals surface area contributed by atoms with Gasteiger partial charge in [-0.25, -0.2) is 4.98 Å². The Kier molecular flexibility index (Phi) is 4.26. The van der Waals surface area contributed by atoms with Crippen LogP contribution in [0.3, 0.4) is 0 Å². The van der Waals surface area contributed by atoms with Crippen molar-refractivity contribution in [2.45, 2.75) is 25.3 Å². The fourth-order valence-electron chi connectivity index (χ4n) is 3.67. The third-order valence-corrected chi connectivity index (χ3v) is 5.03. The molecular weight excluding hydrogens is 340 g/mol. The Labute approximate surface area is 157 Å². The van der Waals surface area contributed by atoms with E-state index >= 15 is 0 Å². The van der Waals surface area contributed by atoms with Crippen LogP contribution in [0.2, 0.25) is 0 Å². The maximum Gasteiger partial charge on any atom is 0.142 e. The molecule has 0 saturated carbocycles. The van der Waals surface area contributed by atoms with Crippen LogP contribution in [0.15, 0.2) is 30.5 Å². The third-order valence-electron chi connectivity index (χ3n) is 5.03. The van der Waals surface area contributed by atoms with E-state index in [0.29, 0.717) is 12.0 Å². The molecule has 2 heterocycles. The Morgan fingerprint density at radius 3 is 2.78 bits per heavy atom. The highest BCUT2D eigenvalue weighted by Crippen LogP contribution is 2.39. The molecule has 1 aliphatic carbocycles. The van der Waals surface area contributed by atoms with Gasteiger partial charge in [0.1, 0.15) is 23.2 Å². The number of nitrogens with one attached hydrogen (secondary N) is 1. The molecule has 3 aromatic rings. The molecule has 0 unspecified atom stereocenters. The normalized spacial score (nSPS) is 15.8. The zero-order valence-electron chi connectivity index (χ0n) is 15.0. The highest BCUT2D eigenvalue weighted by Gasteiger charge is 2.27. The molecular formula is C20H20N6O. The van der Waals surface area contributed by atoms with Gasteiger partial charge in [0.25, 0.3) is 0 Å². The number of aromatic nitrogens is 3. The molecule has 7 heteroatoms. The molecule has 0 spiro atoms. The Balaban J connectivity index is 1.93. The average molecular weight is 360 g/mol. The first kappa shape index (κ1) is 17.1. The van der Waals surface area contributed by atoms with Crippen LogP contribution < -0.4 is 16.2 Å². The molecule has 1 aromatic carbocycles. The van der Waals surface area contributed by atoms with E-state index in [1.54, 1.807) is 13.3 Å². The van der Waals surface area contributed by atoms with Gasteiger partial charge >= 0.3 is 0 Å². The number of methoxy groups -OCH3 is 1. The topological polar surface area (TPSA) is 127 Å². The first-order chi connectivity index (χ1) is 13.1. The molecule has 136 valence electrons. The summed E-state index contributed by atoms with van der Waals surface area (Å²) in [6.07, 6.45) is 4.02. The van der Waals surface area contributed by atoms with Crippen LogP contribution in [-0.4, -0.2) is 28.3 Å². The number of ether oxygens (including phenoxy) is 1. The number of rotatable bonds is 3. The summed E-state index contributed by atoms with van der Waals surface area (Å²) < 4.78 is 5.23. The number of nitrogen functional groups attached to an aromatic ring is 1. The number of aromatic amines is 1. The number of anilines is 1. The summed E-state index contributed by atoms with van der Waals surface area (Å²) in [6, 6.07) is 9.94. The number of nitrogens with two attached hydrogens (primary N) is 2. The number of H-pyrrole nitrogens is 1. The number of hydrogen-bond acceptors (Lipinski definition) is 6. The Morgan fingerprint density at radius 1 is 1.30 bits per heavy atom. The van der Waals surface area contributed by atoms with E-state index < -0.39 is 0 Å². The predicted octanol–water partition coefficient (Wildman–Crippen LogP) is 2.42. The van der Waals surface area contributed by atoms with Crippen molar-refractivity contribution < 1.29 is 4.74 Å². The predicted molar refractivity (Wildman–Crippen MR) is 103 cm³/mol. The van der Waals surface area contributed by atoms with Crippen LogP contribution in [0.25, 0.3) is 22.4 Å². The lowest BCUT2D eigenvalue weighted by atomic mass is 9.84. The van der Waals surface area contributed by atoms with Crippen molar-refractivity contribution in [3.05, 3.63) is 47.3 Å². The van der Waals surface area contributed by atoms with E-state index in [0.717, 1.165) is 52.2 Å². The Morgan fingerprint density at radius 2 is 2.07 bits per heavy atom. The fourth-order valence-corrected chi connectivity index (χ4v) is 3.67. The van der Waals surface area contributed by atoms with Gasteiger partial charge in [0, 0.05) is 28.4 Å². The first-order valence-corrected chi connectivity index (χ1v) is 8.77. The first-order valence-electron chi connectivity index (χ1n) is 8.77. The molecule has 5 N–H and O–H groups in total. The van der Waals surface area contributed by atoms with Gasteiger partial charge < -0.3 is 16.2 Å². The molecule has 2 aromatic heterocycles. The summed E-state index contributed by atoms with van der Waals surface area (Å²) in [4.78, 5) is 4.47. The van der Waals surface area contributed by atoms with E-state index in [9.17, 15) is 5.26 Å². The lowest BCUT2D eigenvalue weighted by Gasteiger charge is -2.24. The van der Waals surface area contributed by atoms with Crippen molar-refractivity contribution in [2.24, 2.45) is 5.73 Å². The van der Waals surface area contributed by atoms with Gasteiger partial charge in [0.05, 0.1) is 19.0 Å². The van der Waals surface area contributed by atoms with E-state index in [1.807, 2.05) is 24.3 Å². The molecule has 0 radical (unpaired) electrons. The van der Waals surface area contributed by atoms with Gasteiger partial charge in [-0.1, -0.05) is 0 Å². The van der Waals surface area contributed by atoms with Crippen LogP contribution in [-0.2, 0) is 12.8 Å². The SMILES string of the molecule is COc1ccc(-c2[nH]ncc2-c2c(C#N)c(N)nc3c2C[C@@H](N)CC3)cc1. The lowest BCUT2D eigenvalue weighted by Crippen LogP contribution is -2.29. The number of aryl methyl sites for hydroxylation is 1. The second-order valence-corrected chi connectivity index (χ2v) is 6.67. The van der Waals surface area contributed by atoms with Gasteiger partial charge in [-0.2, -0.15) is 10.4 Å². The molecule has 27 heavy (non-hydrogen) atoms. The van der Waals surface area contributed by atoms with Crippen LogP contribution in [0.4, 0.5) is 5.82 Å². The van der Waals surface area contributed by atoms with Crippen LogP contribution in [0.5, 0.6) is 5.75 Å². The lowest BCUT2D eigenvalue weighted by molar-refractivity contribution is 0.415. The van der Waals surface area contributed by atoms with Gasteiger partial charge in [0.15, 0.2) is 0 Å². The minimum absolute atomic E-state index is 0.0459. The van der Waals surface area contributed by atoms with E-state index in [4.69, 9.17) is 16.2 Å². The van der Waals surface area contributed by atoms with Crippen molar-refractivity contribution in [1.82, 2.24) is 15.2 Å². The van der Waals surface area contributed by atoms with Crippen LogP contribution in [0.1, 0.15) is 23.2 Å². The van der Waals surface area contributed by atoms with Crippen LogP contribution >= 0.6 is 0 Å². The van der Waals surface area contributed by atoms with Gasteiger partial charge in [-0.3, -0.25) is 5.10 Å². The Bertz CT molecular complexity index is 1030. The monoisotopic (exact) mass is 360 g/mol. The summed E-state index contributed by atoms with van der Waals surface area (Å²) in [5, 5.41) is 17.0. The smallest absolute Gasteiger partial charge is 0.142 e. The summed E-state index contributed by atoms with van der Waals surface area (Å²) in [5.74, 6) is 1.03. The summed E-state index contributed by atoms with van der Waals surface area (Å²) in [5.41, 5.74) is 18.0. The van der Waals surface area contributed by atoms with Gasteiger partial charge in [0.2, 0.25) is 0 Å². The molecule has 1 aliphatic rings. The molecule has 0 bridgehead atoms. The second kappa shape index (κ2) is 6.74. The van der Waals surface area contributed by atoms with E-state index in [1.165, 1.54) is 0 Å². The Hall–Kier alpha value is -3.37. The maximum atomic E-state index is 9.75. The van der Waals surface area contributed by atoms with Crippen LogP contribution in [0, 0.1) is 11.3 Å². The third kappa shape index (κ3) is 2.90. The van der Waals surface area contributed by atoms with Crippen molar-refractivity contribution in [3.63, 3.8) is 0 Å². The minimum atomic E-state index is 0.0459. The summed E-state index contributed by atoms with van der Waals surface area (Å²) in [7, 11) is 1.63. The zero-order valence-corrected chi connectivity index (χ0v) is 15.0. The molecule has 0 fully saturated rings. The second-order valence-electron chi connectivity index (χ2n) is 6.67. The maximum absolute atomic E-state index is 9.75. The minimum Gasteiger partial charge on any atom is -0.497 e. The van der Waals surface area contributed by atoms with Gasteiger partial charge in [-0.15, -0.1) is 0 Å². The number of hydrogen-bond donors (Lipinski definition) is 3. The van der Waals surface area contributed by atoms with Gasteiger partial charge in [-0.05, 0) is 49.1 Å². The van der Waals surface area contributed by atoms with Crippen molar-refractivity contribution in [2.75, 3.05) is 12.8 Å². The molecule has 7 nitrogen and oxygen atoms in total.